The molecule has 0 aromatic heterocycles. The quantitative estimate of drug-likeness (QED) is 0.236. The predicted octanol–water partition coefficient (Wildman–Crippen LogP) is 6.02. The number of carbonyl (C=O) groups excluding carboxylic acids is 1. The van der Waals surface area contributed by atoms with Gasteiger partial charge in [0.2, 0.25) is 5.88 Å². The van der Waals surface area contributed by atoms with Crippen molar-refractivity contribution in [3.05, 3.63) is 130 Å². The molecule has 0 saturated heterocycles. The van der Waals surface area contributed by atoms with Crippen LogP contribution in [0.5, 0.6) is 23.0 Å². The van der Waals surface area contributed by atoms with E-state index in [0.717, 1.165) is 16.7 Å². The van der Waals surface area contributed by atoms with Crippen LogP contribution in [0.1, 0.15) is 38.5 Å². The van der Waals surface area contributed by atoms with Crippen molar-refractivity contribution >= 4 is 5.97 Å². The molecule has 0 saturated carbocycles. The molecule has 1 heterocycles. The molecular weight excluding hydrogens is 492 g/mol. The first-order chi connectivity index (χ1) is 18.9. The van der Waals surface area contributed by atoms with Crippen molar-refractivity contribution in [3.8, 4) is 29.1 Å². The van der Waals surface area contributed by atoms with Crippen molar-refractivity contribution in [3.63, 3.8) is 0 Å². The van der Waals surface area contributed by atoms with Crippen molar-refractivity contribution < 1.29 is 23.7 Å². The second-order valence-corrected chi connectivity index (χ2v) is 9.09. The summed E-state index contributed by atoms with van der Waals surface area (Å²) in [5, 5.41) is 9.92. The van der Waals surface area contributed by atoms with Gasteiger partial charge in [0, 0.05) is 11.6 Å². The van der Waals surface area contributed by atoms with Gasteiger partial charge in [-0.2, -0.15) is 5.26 Å². The highest BCUT2D eigenvalue weighted by molar-refractivity contribution is 5.91. The van der Waals surface area contributed by atoms with Crippen LogP contribution in [0, 0.1) is 18.3 Å². The number of fused-ring (bicyclic) bond motifs is 1. The average molecular weight is 519 g/mol. The maximum Gasteiger partial charge on any atom is 0.343 e. The maximum atomic E-state index is 12.7. The van der Waals surface area contributed by atoms with Crippen LogP contribution >= 0.6 is 0 Å². The Morgan fingerprint density at radius 2 is 1.69 bits per heavy atom. The Kier molecular flexibility index (Phi) is 7.19. The highest BCUT2D eigenvalue weighted by Crippen LogP contribution is 2.44. The Bertz CT molecular complexity index is 1580. The minimum Gasteiger partial charge on any atom is -0.497 e. The molecule has 5 rings (SSSR count). The molecule has 4 aromatic rings. The maximum absolute atomic E-state index is 12.7. The fourth-order valence-electron chi connectivity index (χ4n) is 4.37. The number of carbonyl (C=O) groups is 1. The van der Waals surface area contributed by atoms with Gasteiger partial charge in [-0.1, -0.05) is 48.0 Å². The summed E-state index contributed by atoms with van der Waals surface area (Å²) >= 11 is 0. The number of esters is 1. The van der Waals surface area contributed by atoms with Crippen molar-refractivity contribution in [1.82, 2.24) is 0 Å². The number of aryl methyl sites for hydroxylation is 1. The number of allylic oxidation sites excluding steroid dienone is 1. The number of nitrogens with two attached hydrogens (primary N) is 1. The van der Waals surface area contributed by atoms with Gasteiger partial charge in [-0.15, -0.1) is 0 Å². The number of methoxy groups -OCH3 is 1. The number of nitrogens with zero attached hydrogens (tertiary/aromatic N) is 1. The predicted molar refractivity (Wildman–Crippen MR) is 146 cm³/mol. The number of benzene rings is 4. The van der Waals surface area contributed by atoms with Crippen LogP contribution in [0.25, 0.3) is 0 Å². The fourth-order valence-corrected chi connectivity index (χ4v) is 4.37. The lowest BCUT2D eigenvalue weighted by atomic mass is 9.83. The SMILES string of the molecule is COc1ccc(C(=O)Oc2ccc3c(c2)OC(N)=C(C#N)C3c2cccc(OCc3ccc(C)cc3)c2)cc1. The van der Waals surface area contributed by atoms with Gasteiger partial charge in [-0.05, 0) is 60.5 Å². The molecule has 1 aliphatic rings. The molecular formula is C32H26N2O5. The molecule has 4 aromatic carbocycles. The lowest BCUT2D eigenvalue weighted by Crippen LogP contribution is -2.21. The zero-order valence-electron chi connectivity index (χ0n) is 21.5. The summed E-state index contributed by atoms with van der Waals surface area (Å²) in [5.74, 6) is 0.999. The molecule has 0 fully saturated rings. The third-order valence-electron chi connectivity index (χ3n) is 6.44. The first-order valence-electron chi connectivity index (χ1n) is 12.3. The van der Waals surface area contributed by atoms with Crippen molar-refractivity contribution in [2.24, 2.45) is 5.73 Å². The number of hydrogen-bond acceptors (Lipinski definition) is 7. The molecule has 0 amide bonds. The van der Waals surface area contributed by atoms with Gasteiger partial charge in [0.05, 0.1) is 18.6 Å². The van der Waals surface area contributed by atoms with E-state index in [2.05, 4.69) is 6.07 Å². The Morgan fingerprint density at radius 3 is 2.41 bits per heavy atom. The Labute approximate surface area is 226 Å². The summed E-state index contributed by atoms with van der Waals surface area (Å²) in [6, 6.07) is 29.6. The van der Waals surface area contributed by atoms with Crippen LogP contribution in [0.3, 0.4) is 0 Å². The molecule has 0 bridgehead atoms. The van der Waals surface area contributed by atoms with E-state index in [9.17, 15) is 10.1 Å². The molecule has 194 valence electrons. The second kappa shape index (κ2) is 11.0. The number of nitriles is 1. The van der Waals surface area contributed by atoms with Crippen molar-refractivity contribution in [2.75, 3.05) is 7.11 Å². The van der Waals surface area contributed by atoms with Crippen LogP contribution in [-0.2, 0) is 6.61 Å². The zero-order valence-corrected chi connectivity index (χ0v) is 21.5. The Morgan fingerprint density at radius 1 is 0.949 bits per heavy atom. The molecule has 0 radical (unpaired) electrons. The van der Waals surface area contributed by atoms with Crippen LogP contribution in [0.15, 0.2) is 102 Å². The lowest BCUT2D eigenvalue weighted by Gasteiger charge is -2.27. The lowest BCUT2D eigenvalue weighted by molar-refractivity contribution is 0.0734. The number of hydrogen-bond donors (Lipinski definition) is 1. The summed E-state index contributed by atoms with van der Waals surface area (Å²) in [5.41, 5.74) is 10.6. The molecule has 2 N–H and O–H groups in total. The van der Waals surface area contributed by atoms with E-state index in [-0.39, 0.29) is 11.6 Å². The Balaban J connectivity index is 1.40. The molecule has 1 unspecified atom stereocenters. The second-order valence-electron chi connectivity index (χ2n) is 9.09. The van der Waals surface area contributed by atoms with Crippen LogP contribution < -0.4 is 24.7 Å². The van der Waals surface area contributed by atoms with Crippen molar-refractivity contribution in [2.45, 2.75) is 19.4 Å². The van der Waals surface area contributed by atoms with Crippen molar-refractivity contribution in [1.29, 1.82) is 5.26 Å². The molecule has 7 heteroatoms. The summed E-state index contributed by atoms with van der Waals surface area (Å²) in [4.78, 5) is 12.7. The minimum absolute atomic E-state index is 0.000363. The van der Waals surface area contributed by atoms with Gasteiger partial charge in [0.15, 0.2) is 0 Å². The van der Waals surface area contributed by atoms with Crippen LogP contribution in [0.4, 0.5) is 0 Å². The summed E-state index contributed by atoms with van der Waals surface area (Å²) in [6.45, 7) is 2.46. The van der Waals surface area contributed by atoms with E-state index < -0.39 is 11.9 Å². The standard InChI is InChI=1S/C32H26N2O5/c1-20-6-8-21(9-7-20)19-37-25-5-3-4-23(16-25)30-27-15-14-26(17-29(27)39-31(34)28(30)18-33)38-32(35)22-10-12-24(36-2)13-11-22/h3-17,30H,19,34H2,1-2H3. The summed E-state index contributed by atoms with van der Waals surface area (Å²) < 4.78 is 22.5. The van der Waals surface area contributed by atoms with Gasteiger partial charge >= 0.3 is 5.97 Å². The first-order valence-corrected chi connectivity index (χ1v) is 12.3. The largest absolute Gasteiger partial charge is 0.497 e. The molecule has 0 aliphatic carbocycles. The van der Waals surface area contributed by atoms with Gasteiger partial charge < -0.3 is 24.7 Å². The van der Waals surface area contributed by atoms with Crippen LogP contribution in [-0.4, -0.2) is 13.1 Å². The van der Waals surface area contributed by atoms with E-state index in [1.165, 1.54) is 5.56 Å². The number of ether oxygens (including phenoxy) is 4. The molecule has 39 heavy (non-hydrogen) atoms. The molecule has 1 atom stereocenters. The molecule has 1 aliphatic heterocycles. The minimum atomic E-state index is -0.524. The Hall–Kier alpha value is -5.22. The van der Waals surface area contributed by atoms with Gasteiger partial charge in [0.25, 0.3) is 0 Å². The highest BCUT2D eigenvalue weighted by Gasteiger charge is 2.31. The van der Waals surface area contributed by atoms with E-state index in [0.29, 0.717) is 35.0 Å². The van der Waals surface area contributed by atoms with E-state index in [1.54, 1.807) is 49.6 Å². The molecule has 7 nitrogen and oxygen atoms in total. The third kappa shape index (κ3) is 5.55. The first kappa shape index (κ1) is 25.4. The van der Waals surface area contributed by atoms with E-state index in [1.807, 2.05) is 55.5 Å². The van der Waals surface area contributed by atoms with Crippen LogP contribution in [0.2, 0.25) is 0 Å². The zero-order chi connectivity index (χ0) is 27.4. The van der Waals surface area contributed by atoms with E-state index in [4.69, 9.17) is 24.7 Å². The average Bonchev–Trinajstić information content (AvgIpc) is 2.96. The van der Waals surface area contributed by atoms with Gasteiger partial charge in [-0.3, -0.25) is 0 Å². The summed E-state index contributed by atoms with van der Waals surface area (Å²) in [6.07, 6.45) is 0. The summed E-state index contributed by atoms with van der Waals surface area (Å²) in [7, 11) is 1.56. The monoisotopic (exact) mass is 518 g/mol. The molecule has 0 spiro atoms. The topological polar surface area (TPSA) is 104 Å². The smallest absolute Gasteiger partial charge is 0.343 e. The third-order valence-corrected chi connectivity index (χ3v) is 6.44. The highest BCUT2D eigenvalue weighted by atomic mass is 16.5. The number of rotatable bonds is 7. The van der Waals surface area contributed by atoms with E-state index >= 15 is 0 Å². The fraction of sp³-hybridized carbons (Fsp3) is 0.125. The van der Waals surface area contributed by atoms with Gasteiger partial charge in [0.1, 0.15) is 41.2 Å². The van der Waals surface area contributed by atoms with Gasteiger partial charge in [-0.25, -0.2) is 4.79 Å². The normalized spacial score (nSPS) is 14.0.